The van der Waals surface area contributed by atoms with Gasteiger partial charge in [0.1, 0.15) is 12.1 Å². The van der Waals surface area contributed by atoms with Crippen molar-refractivity contribution in [1.82, 2.24) is 16.0 Å². The zero-order chi connectivity index (χ0) is 21.4. The number of nitrogens with two attached hydrogens (primary N) is 1. The number of urea groups is 1. The highest BCUT2D eigenvalue weighted by Gasteiger charge is 2.35. The molecule has 2 rings (SSSR count). The van der Waals surface area contributed by atoms with Gasteiger partial charge in [0.05, 0.1) is 0 Å². The molecule has 1 unspecified atom stereocenters. The van der Waals surface area contributed by atoms with E-state index in [1.165, 1.54) is 6.42 Å². The monoisotopic (exact) mass is 402 g/mol. The van der Waals surface area contributed by atoms with Gasteiger partial charge in [0.15, 0.2) is 0 Å². The summed E-state index contributed by atoms with van der Waals surface area (Å²) in [6.45, 7) is 5.61. The molecule has 1 aliphatic carbocycles. The van der Waals surface area contributed by atoms with Gasteiger partial charge in [-0.1, -0.05) is 70.4 Å². The maximum atomic E-state index is 13.0. The van der Waals surface area contributed by atoms with Crippen molar-refractivity contribution < 1.29 is 14.4 Å². The fourth-order valence-corrected chi connectivity index (χ4v) is 3.61. The Balaban J connectivity index is 2.02. The zero-order valence-electron chi connectivity index (χ0n) is 17.7. The van der Waals surface area contributed by atoms with Crippen molar-refractivity contribution in [3.05, 3.63) is 35.9 Å². The van der Waals surface area contributed by atoms with Crippen molar-refractivity contribution in [3.63, 3.8) is 0 Å². The first kappa shape index (κ1) is 22.7. The molecule has 7 heteroatoms. The lowest BCUT2D eigenvalue weighted by Crippen LogP contribution is -2.59. The minimum atomic E-state index is -0.849. The van der Waals surface area contributed by atoms with Crippen LogP contribution in [0.5, 0.6) is 0 Å². The molecular formula is C22H34N4O3. The summed E-state index contributed by atoms with van der Waals surface area (Å²) >= 11 is 0. The van der Waals surface area contributed by atoms with Gasteiger partial charge in [0.25, 0.3) is 0 Å². The molecule has 0 saturated heterocycles. The van der Waals surface area contributed by atoms with E-state index >= 15 is 0 Å². The molecule has 29 heavy (non-hydrogen) atoms. The van der Waals surface area contributed by atoms with Crippen molar-refractivity contribution in [2.75, 3.05) is 0 Å². The Bertz CT molecular complexity index is 694. The summed E-state index contributed by atoms with van der Waals surface area (Å²) < 4.78 is 0. The number of carbonyl (C=O) groups excluding carboxylic acids is 3. The second-order valence-corrected chi connectivity index (χ2v) is 8.91. The average Bonchev–Trinajstić information content (AvgIpc) is 2.66. The Morgan fingerprint density at radius 2 is 1.66 bits per heavy atom. The Morgan fingerprint density at radius 1 is 1.03 bits per heavy atom. The molecule has 0 heterocycles. The lowest BCUT2D eigenvalue weighted by molar-refractivity contribution is -0.130. The van der Waals surface area contributed by atoms with Gasteiger partial charge in [-0.3, -0.25) is 9.59 Å². The van der Waals surface area contributed by atoms with E-state index in [9.17, 15) is 14.4 Å². The van der Waals surface area contributed by atoms with Gasteiger partial charge in [-0.15, -0.1) is 0 Å². The molecule has 0 aromatic heterocycles. The molecule has 4 amide bonds. The molecule has 5 N–H and O–H groups in total. The summed E-state index contributed by atoms with van der Waals surface area (Å²) in [7, 11) is 0. The molecule has 1 saturated carbocycles. The number of rotatable bonds is 7. The number of nitrogens with one attached hydrogen (secondary N) is 3. The van der Waals surface area contributed by atoms with Crippen LogP contribution in [0.25, 0.3) is 0 Å². The maximum absolute atomic E-state index is 13.0. The van der Waals surface area contributed by atoms with Crippen LogP contribution in [-0.4, -0.2) is 36.0 Å². The van der Waals surface area contributed by atoms with Crippen molar-refractivity contribution in [1.29, 1.82) is 0 Å². The lowest BCUT2D eigenvalue weighted by Gasteiger charge is -2.32. The van der Waals surface area contributed by atoms with Gasteiger partial charge < -0.3 is 21.7 Å². The largest absolute Gasteiger partial charge is 0.368 e. The van der Waals surface area contributed by atoms with E-state index in [2.05, 4.69) is 16.0 Å². The molecule has 2 atom stereocenters. The molecule has 1 aromatic carbocycles. The number of primary amides is 1. The van der Waals surface area contributed by atoms with Crippen molar-refractivity contribution in [2.24, 2.45) is 11.1 Å². The van der Waals surface area contributed by atoms with E-state index < -0.39 is 29.3 Å². The molecule has 160 valence electrons. The fourth-order valence-electron chi connectivity index (χ4n) is 3.61. The molecule has 0 bridgehead atoms. The van der Waals surface area contributed by atoms with Gasteiger partial charge in [0, 0.05) is 12.5 Å². The van der Waals surface area contributed by atoms with Crippen LogP contribution >= 0.6 is 0 Å². The SMILES string of the molecule is CC(C)(C)C(NC(=O)NC1CCCCC1)C(=O)N[C@@H](Cc1ccccc1)C(N)=O. The molecule has 7 nitrogen and oxygen atoms in total. The number of benzene rings is 1. The first-order valence-electron chi connectivity index (χ1n) is 10.4. The Labute approximate surface area is 173 Å². The third-order valence-electron chi connectivity index (χ3n) is 5.29. The predicted molar refractivity (Wildman–Crippen MR) is 113 cm³/mol. The van der Waals surface area contributed by atoms with Crippen LogP contribution in [-0.2, 0) is 16.0 Å². The summed E-state index contributed by atoms with van der Waals surface area (Å²) in [5.74, 6) is -1.03. The third kappa shape index (κ3) is 7.40. The summed E-state index contributed by atoms with van der Waals surface area (Å²) in [6, 6.07) is 7.50. The van der Waals surface area contributed by atoms with Gasteiger partial charge in [-0.05, 0) is 23.8 Å². The minimum absolute atomic E-state index is 0.142. The van der Waals surface area contributed by atoms with Crippen LogP contribution < -0.4 is 21.7 Å². The van der Waals surface area contributed by atoms with Crippen LogP contribution in [0.15, 0.2) is 30.3 Å². The number of carbonyl (C=O) groups is 3. The Morgan fingerprint density at radius 3 is 2.21 bits per heavy atom. The first-order valence-corrected chi connectivity index (χ1v) is 10.4. The Kier molecular flexibility index (Phi) is 8.05. The molecule has 0 aliphatic heterocycles. The molecule has 0 spiro atoms. The molecule has 0 radical (unpaired) electrons. The molecule has 1 aliphatic rings. The second kappa shape index (κ2) is 10.3. The van der Waals surface area contributed by atoms with Crippen molar-refractivity contribution in [3.8, 4) is 0 Å². The zero-order valence-corrected chi connectivity index (χ0v) is 17.7. The van der Waals surface area contributed by atoms with Crippen LogP contribution in [0.4, 0.5) is 4.79 Å². The highest BCUT2D eigenvalue weighted by Crippen LogP contribution is 2.21. The normalized spacial score (nSPS) is 17.1. The molecule has 1 aromatic rings. The number of amides is 4. The minimum Gasteiger partial charge on any atom is -0.368 e. The third-order valence-corrected chi connectivity index (χ3v) is 5.29. The van der Waals surface area contributed by atoms with E-state index in [-0.39, 0.29) is 12.1 Å². The van der Waals surface area contributed by atoms with E-state index in [1.807, 2.05) is 51.1 Å². The van der Waals surface area contributed by atoms with Crippen LogP contribution in [0, 0.1) is 5.41 Å². The van der Waals surface area contributed by atoms with Gasteiger partial charge in [-0.2, -0.15) is 0 Å². The number of hydrogen-bond donors (Lipinski definition) is 4. The quantitative estimate of drug-likeness (QED) is 0.561. The van der Waals surface area contributed by atoms with Crippen molar-refractivity contribution in [2.45, 2.75) is 77.4 Å². The molecular weight excluding hydrogens is 368 g/mol. The van der Waals surface area contributed by atoms with Gasteiger partial charge in [0.2, 0.25) is 11.8 Å². The van der Waals surface area contributed by atoms with E-state index in [4.69, 9.17) is 5.73 Å². The lowest BCUT2D eigenvalue weighted by atomic mass is 9.86. The van der Waals surface area contributed by atoms with E-state index in [0.29, 0.717) is 6.42 Å². The van der Waals surface area contributed by atoms with E-state index in [0.717, 1.165) is 31.2 Å². The predicted octanol–water partition coefficient (Wildman–Crippen LogP) is 2.25. The summed E-state index contributed by atoms with van der Waals surface area (Å²) in [4.78, 5) is 37.4. The summed E-state index contributed by atoms with van der Waals surface area (Å²) in [5, 5.41) is 8.49. The smallest absolute Gasteiger partial charge is 0.315 e. The summed E-state index contributed by atoms with van der Waals surface area (Å²) in [5.41, 5.74) is 5.87. The van der Waals surface area contributed by atoms with Gasteiger partial charge in [-0.25, -0.2) is 4.79 Å². The first-order chi connectivity index (χ1) is 13.7. The second-order valence-electron chi connectivity index (χ2n) is 8.91. The van der Waals surface area contributed by atoms with Crippen LogP contribution in [0.3, 0.4) is 0 Å². The van der Waals surface area contributed by atoms with E-state index in [1.54, 1.807) is 0 Å². The molecule has 1 fully saturated rings. The summed E-state index contributed by atoms with van der Waals surface area (Å²) in [6.07, 6.45) is 5.62. The van der Waals surface area contributed by atoms with Gasteiger partial charge >= 0.3 is 6.03 Å². The number of hydrogen-bond acceptors (Lipinski definition) is 3. The van der Waals surface area contributed by atoms with Crippen LogP contribution in [0.2, 0.25) is 0 Å². The van der Waals surface area contributed by atoms with Crippen LogP contribution in [0.1, 0.15) is 58.4 Å². The Hall–Kier alpha value is -2.57. The highest BCUT2D eigenvalue weighted by molar-refractivity contribution is 5.92. The topological polar surface area (TPSA) is 113 Å². The maximum Gasteiger partial charge on any atom is 0.315 e. The average molecular weight is 403 g/mol. The highest BCUT2D eigenvalue weighted by atomic mass is 16.2. The fraction of sp³-hybridized carbons (Fsp3) is 0.591. The van der Waals surface area contributed by atoms with Crippen molar-refractivity contribution >= 4 is 17.8 Å². The standard InChI is InChI=1S/C22H34N4O3/c1-22(2,3)18(26-21(29)24-16-12-8-5-9-13-16)20(28)25-17(19(23)27)14-15-10-6-4-7-11-15/h4,6-7,10-11,16-18H,5,8-9,12-14H2,1-3H3,(H2,23,27)(H,25,28)(H2,24,26,29)/t17-,18?/m0/s1.